The number of carbonyl (C=O) groups is 1. The zero-order valence-electron chi connectivity index (χ0n) is 17.2. The normalized spacial score (nSPS) is 11.0. The van der Waals surface area contributed by atoms with E-state index in [1.807, 2.05) is 42.6 Å². The van der Waals surface area contributed by atoms with Gasteiger partial charge in [0, 0.05) is 29.2 Å². The number of ether oxygens (including phenoxy) is 2. The van der Waals surface area contributed by atoms with Gasteiger partial charge in [-0.15, -0.1) is 0 Å². The molecule has 0 fully saturated rings. The summed E-state index contributed by atoms with van der Waals surface area (Å²) < 4.78 is 12.7. The van der Waals surface area contributed by atoms with Crippen LogP contribution in [0.4, 0.5) is 0 Å². The molecule has 31 heavy (non-hydrogen) atoms. The van der Waals surface area contributed by atoms with E-state index in [1.165, 1.54) is 5.56 Å². The molecule has 0 aliphatic carbocycles. The van der Waals surface area contributed by atoms with Crippen LogP contribution in [0, 0.1) is 0 Å². The fourth-order valence-electron chi connectivity index (χ4n) is 3.32. The second-order valence-electron chi connectivity index (χ2n) is 6.97. The van der Waals surface area contributed by atoms with Crippen LogP contribution >= 0.6 is 0 Å². The van der Waals surface area contributed by atoms with Crippen molar-refractivity contribution in [3.8, 4) is 11.5 Å². The van der Waals surface area contributed by atoms with Crippen LogP contribution in [0.15, 0.2) is 90.2 Å². The maximum Gasteiger partial charge on any atom is 0.277 e. The number of rotatable bonds is 8. The summed E-state index contributed by atoms with van der Waals surface area (Å²) in [5.74, 6) is 0.983. The highest BCUT2D eigenvalue weighted by Crippen LogP contribution is 2.21. The molecule has 1 heterocycles. The van der Waals surface area contributed by atoms with Gasteiger partial charge in [0.25, 0.3) is 5.91 Å². The molecule has 0 atom stereocenters. The molecule has 6 nitrogen and oxygen atoms in total. The summed E-state index contributed by atoms with van der Waals surface area (Å²) in [7, 11) is 1.60. The van der Waals surface area contributed by atoms with E-state index < -0.39 is 0 Å². The molecule has 4 rings (SSSR count). The Morgan fingerprint density at radius 3 is 2.45 bits per heavy atom. The van der Waals surface area contributed by atoms with Gasteiger partial charge in [0.2, 0.25) is 0 Å². The highest BCUT2D eigenvalue weighted by Gasteiger charge is 2.07. The number of para-hydroxylation sites is 1. The second kappa shape index (κ2) is 9.63. The number of benzene rings is 3. The number of hydrogen-bond acceptors (Lipinski definition) is 4. The van der Waals surface area contributed by atoms with E-state index >= 15 is 0 Å². The maximum atomic E-state index is 12.1. The van der Waals surface area contributed by atoms with Crippen molar-refractivity contribution in [3.63, 3.8) is 0 Å². The minimum atomic E-state index is -0.333. The first kappa shape index (κ1) is 20.2. The number of nitrogens with zero attached hydrogens (tertiary/aromatic N) is 2. The molecular formula is C25H23N3O3. The quantitative estimate of drug-likeness (QED) is 0.347. The Bertz CT molecular complexity index is 1180. The van der Waals surface area contributed by atoms with Gasteiger partial charge in [0.05, 0.1) is 13.3 Å². The molecule has 0 saturated heterocycles. The first-order valence-electron chi connectivity index (χ1n) is 9.93. The van der Waals surface area contributed by atoms with E-state index in [-0.39, 0.29) is 12.5 Å². The van der Waals surface area contributed by atoms with Gasteiger partial charge in [-0.25, -0.2) is 5.43 Å². The standard InChI is InChI=1S/C25H23N3O3/c1-30-21-11-13-22(14-12-21)31-18-25(29)27-26-15-20-17-28(16-19-7-3-2-4-8-19)24-10-6-5-9-23(20)24/h2-15,17H,16,18H2,1H3,(H,27,29)/b26-15+. The summed E-state index contributed by atoms with van der Waals surface area (Å²) in [6.07, 6.45) is 3.70. The second-order valence-corrected chi connectivity index (χ2v) is 6.97. The molecule has 3 aromatic carbocycles. The van der Waals surface area contributed by atoms with E-state index in [4.69, 9.17) is 9.47 Å². The third-order valence-electron chi connectivity index (χ3n) is 4.84. The van der Waals surface area contributed by atoms with Gasteiger partial charge >= 0.3 is 0 Å². The van der Waals surface area contributed by atoms with E-state index in [9.17, 15) is 4.79 Å². The number of fused-ring (bicyclic) bond motifs is 1. The van der Waals surface area contributed by atoms with Crippen molar-refractivity contribution < 1.29 is 14.3 Å². The topological polar surface area (TPSA) is 64.8 Å². The molecule has 4 aromatic rings. The predicted molar refractivity (Wildman–Crippen MR) is 122 cm³/mol. The van der Waals surface area contributed by atoms with Gasteiger partial charge in [0.1, 0.15) is 11.5 Å². The number of amides is 1. The first-order valence-corrected chi connectivity index (χ1v) is 9.93. The molecule has 1 N–H and O–H groups in total. The van der Waals surface area contributed by atoms with Crippen LogP contribution in [0.3, 0.4) is 0 Å². The Morgan fingerprint density at radius 1 is 0.968 bits per heavy atom. The molecule has 0 unspecified atom stereocenters. The fraction of sp³-hybridized carbons (Fsp3) is 0.120. The number of carbonyl (C=O) groups excluding carboxylic acids is 1. The van der Waals surface area contributed by atoms with Crippen molar-refractivity contribution in [2.45, 2.75) is 6.54 Å². The summed E-state index contributed by atoms with van der Waals surface area (Å²) in [6.45, 7) is 0.636. The molecule has 0 bridgehead atoms. The molecule has 0 saturated carbocycles. The van der Waals surface area contributed by atoms with Crippen molar-refractivity contribution in [2.75, 3.05) is 13.7 Å². The molecular weight excluding hydrogens is 390 g/mol. The average Bonchev–Trinajstić information content (AvgIpc) is 3.16. The third-order valence-corrected chi connectivity index (χ3v) is 4.84. The fourth-order valence-corrected chi connectivity index (χ4v) is 3.32. The Labute approximate surface area is 180 Å². The van der Waals surface area contributed by atoms with Gasteiger partial charge in [-0.3, -0.25) is 4.79 Å². The van der Waals surface area contributed by atoms with Crippen LogP contribution in [0.25, 0.3) is 10.9 Å². The number of hydrazone groups is 1. The molecule has 0 aliphatic rings. The number of methoxy groups -OCH3 is 1. The average molecular weight is 413 g/mol. The molecule has 156 valence electrons. The lowest BCUT2D eigenvalue weighted by atomic mass is 10.2. The lowest BCUT2D eigenvalue weighted by Gasteiger charge is -2.05. The summed E-state index contributed by atoms with van der Waals surface area (Å²) >= 11 is 0. The van der Waals surface area contributed by atoms with Crippen LogP contribution in [-0.4, -0.2) is 30.4 Å². The molecule has 1 amide bonds. The monoisotopic (exact) mass is 413 g/mol. The SMILES string of the molecule is COc1ccc(OCC(=O)N/N=C/c2cn(Cc3ccccc3)c3ccccc23)cc1. The summed E-state index contributed by atoms with van der Waals surface area (Å²) in [4.78, 5) is 12.1. The summed E-state index contributed by atoms with van der Waals surface area (Å²) in [5.41, 5.74) is 5.78. The van der Waals surface area contributed by atoms with Gasteiger partial charge < -0.3 is 14.0 Å². The highest BCUT2D eigenvalue weighted by atomic mass is 16.5. The Balaban J connectivity index is 1.40. The van der Waals surface area contributed by atoms with Crippen LogP contribution < -0.4 is 14.9 Å². The van der Waals surface area contributed by atoms with Crippen LogP contribution in [0.2, 0.25) is 0 Å². The number of aromatic nitrogens is 1. The van der Waals surface area contributed by atoms with Crippen molar-refractivity contribution in [2.24, 2.45) is 5.10 Å². The zero-order valence-corrected chi connectivity index (χ0v) is 17.2. The van der Waals surface area contributed by atoms with Crippen LogP contribution in [0.1, 0.15) is 11.1 Å². The van der Waals surface area contributed by atoms with E-state index in [2.05, 4.69) is 33.3 Å². The first-order chi connectivity index (χ1) is 15.2. The minimum Gasteiger partial charge on any atom is -0.497 e. The van der Waals surface area contributed by atoms with Crippen LogP contribution in [0.5, 0.6) is 11.5 Å². The van der Waals surface area contributed by atoms with Gasteiger partial charge in [-0.05, 0) is 35.9 Å². The molecule has 0 spiro atoms. The lowest BCUT2D eigenvalue weighted by molar-refractivity contribution is -0.123. The zero-order chi connectivity index (χ0) is 21.5. The van der Waals surface area contributed by atoms with E-state index in [0.29, 0.717) is 5.75 Å². The summed E-state index contributed by atoms with van der Waals surface area (Å²) in [6, 6.07) is 25.5. The smallest absolute Gasteiger partial charge is 0.277 e. The minimum absolute atomic E-state index is 0.126. The van der Waals surface area contributed by atoms with Crippen molar-refractivity contribution in [1.29, 1.82) is 0 Å². The molecule has 6 heteroatoms. The largest absolute Gasteiger partial charge is 0.497 e. The van der Waals surface area contributed by atoms with Gasteiger partial charge in [-0.2, -0.15) is 5.10 Å². The predicted octanol–water partition coefficient (Wildman–Crippen LogP) is 4.23. The van der Waals surface area contributed by atoms with Gasteiger partial charge in [-0.1, -0.05) is 48.5 Å². The van der Waals surface area contributed by atoms with E-state index in [1.54, 1.807) is 37.6 Å². The maximum absolute atomic E-state index is 12.1. The third kappa shape index (κ3) is 5.11. The van der Waals surface area contributed by atoms with Crippen molar-refractivity contribution in [1.82, 2.24) is 9.99 Å². The highest BCUT2D eigenvalue weighted by molar-refractivity contribution is 5.99. The Kier molecular flexibility index (Phi) is 6.28. The molecule has 1 aromatic heterocycles. The molecule has 0 aliphatic heterocycles. The van der Waals surface area contributed by atoms with Crippen LogP contribution in [-0.2, 0) is 11.3 Å². The van der Waals surface area contributed by atoms with Gasteiger partial charge in [0.15, 0.2) is 6.61 Å². The van der Waals surface area contributed by atoms with Crippen molar-refractivity contribution in [3.05, 3.63) is 96.2 Å². The lowest BCUT2D eigenvalue weighted by Crippen LogP contribution is -2.24. The Hall–Kier alpha value is -4.06. The summed E-state index contributed by atoms with van der Waals surface area (Å²) in [5, 5.41) is 5.19. The van der Waals surface area contributed by atoms with E-state index in [0.717, 1.165) is 28.8 Å². The van der Waals surface area contributed by atoms with Crippen molar-refractivity contribution >= 4 is 23.0 Å². The number of nitrogens with one attached hydrogen (secondary N) is 1. The Morgan fingerprint density at radius 2 is 1.68 bits per heavy atom. The number of hydrogen-bond donors (Lipinski definition) is 1. The molecule has 0 radical (unpaired) electrons.